The molecule has 6 rings (SSSR count). The Bertz CT molecular complexity index is 2320. The average Bonchev–Trinajstić information content (AvgIpc) is 3.21. The van der Waals surface area contributed by atoms with E-state index in [1.165, 1.54) is 73.3 Å². The third-order valence-electron chi connectivity index (χ3n) is 9.41. The van der Waals surface area contributed by atoms with Gasteiger partial charge in [-0.05, 0) is 23.1 Å². The predicted octanol–water partition coefficient (Wildman–Crippen LogP) is 9.21. The number of aromatic nitrogens is 5. The van der Waals surface area contributed by atoms with E-state index in [1.807, 2.05) is 13.8 Å². The smallest absolute Gasteiger partial charge is 0.324 e. The first-order valence-electron chi connectivity index (χ1n) is 18.2. The molecule has 3 aromatic heterocycles. The van der Waals surface area contributed by atoms with E-state index in [1.54, 1.807) is 9.13 Å². The maximum absolute atomic E-state index is 16.0. The van der Waals surface area contributed by atoms with Crippen molar-refractivity contribution in [1.82, 2.24) is 15.0 Å². The van der Waals surface area contributed by atoms with E-state index in [2.05, 4.69) is 15.0 Å². The van der Waals surface area contributed by atoms with Crippen molar-refractivity contribution in [2.45, 2.75) is 59.0 Å². The molecule has 17 heteroatoms. The molecule has 0 aliphatic rings. The Kier molecular flexibility index (Phi) is 12.8. The summed E-state index contributed by atoms with van der Waals surface area (Å²) in [5.41, 5.74) is -5.21. The second-order valence-electron chi connectivity index (χ2n) is 13.5. The van der Waals surface area contributed by atoms with Crippen molar-refractivity contribution in [3.63, 3.8) is 0 Å². The summed E-state index contributed by atoms with van der Waals surface area (Å²) in [5.74, 6) is -18.3. The molecule has 0 saturated heterocycles. The first kappa shape index (κ1) is 42.2. The van der Waals surface area contributed by atoms with Crippen molar-refractivity contribution in [2.24, 2.45) is 0 Å². The largest absolute Gasteiger partial charge is 0.325 e. The van der Waals surface area contributed by atoms with Crippen LogP contribution < -0.4 is 9.13 Å². The maximum atomic E-state index is 16.0. The Morgan fingerprint density at radius 1 is 0.500 bits per heavy atom. The van der Waals surface area contributed by atoms with Crippen LogP contribution in [0.3, 0.4) is 0 Å². The van der Waals surface area contributed by atoms with E-state index in [-0.39, 0.29) is 23.1 Å². The van der Waals surface area contributed by atoms with E-state index in [0.29, 0.717) is 18.7 Å². The van der Waals surface area contributed by atoms with Crippen LogP contribution in [0, 0.1) is 46.5 Å². The molecule has 0 saturated carbocycles. The standard InChI is InChI=1S/C41H34F8N5O3P/c1-3-5-16-53-18-11-24(12-19-53)27-31(42)35(46)29(36(47)32(27)43)40-50-39(26-9-7-23(8-10-26)15-22-58(55,56)57)51-41(52-40)30-37(48)33(44)28(34(45)38(30)49)25-13-20-54(21-14-25)17-6-4-2/h7-14,18-21H,3-6,15-17,22H2,1-2H3/p+2. The normalized spacial score (nSPS) is 11.7. The van der Waals surface area contributed by atoms with Gasteiger partial charge in [0.25, 0.3) is 0 Å². The molecule has 0 unspecified atom stereocenters. The van der Waals surface area contributed by atoms with Crippen LogP contribution in [-0.2, 0) is 24.1 Å². The van der Waals surface area contributed by atoms with Gasteiger partial charge in [-0.15, -0.1) is 0 Å². The molecule has 3 aromatic carbocycles. The number of hydrogen-bond acceptors (Lipinski definition) is 4. The summed E-state index contributed by atoms with van der Waals surface area (Å²) < 4.78 is 142. The fourth-order valence-electron chi connectivity index (χ4n) is 6.21. The molecule has 0 radical (unpaired) electrons. The number of benzene rings is 3. The van der Waals surface area contributed by atoms with Crippen molar-refractivity contribution in [3.05, 3.63) is 125 Å². The van der Waals surface area contributed by atoms with Crippen LogP contribution in [0.2, 0.25) is 0 Å². The van der Waals surface area contributed by atoms with Gasteiger partial charge < -0.3 is 9.79 Å². The molecule has 58 heavy (non-hydrogen) atoms. The fourth-order valence-corrected chi connectivity index (χ4v) is 6.76. The molecule has 8 nitrogen and oxygen atoms in total. The van der Waals surface area contributed by atoms with Crippen LogP contribution in [-0.4, -0.2) is 30.9 Å². The Morgan fingerprint density at radius 2 is 0.845 bits per heavy atom. The highest BCUT2D eigenvalue weighted by Gasteiger charge is 2.33. The third kappa shape index (κ3) is 8.83. The number of aryl methyl sites for hydroxylation is 3. The van der Waals surface area contributed by atoms with E-state index in [4.69, 9.17) is 0 Å². The summed E-state index contributed by atoms with van der Waals surface area (Å²) >= 11 is 0. The van der Waals surface area contributed by atoms with Crippen LogP contribution in [0.5, 0.6) is 0 Å². The molecule has 0 aliphatic heterocycles. The highest BCUT2D eigenvalue weighted by molar-refractivity contribution is 7.51. The number of hydrogen-bond donors (Lipinski definition) is 2. The fraction of sp³-hybridized carbons (Fsp3) is 0.244. The van der Waals surface area contributed by atoms with E-state index >= 15 is 35.1 Å². The molecule has 0 aliphatic carbocycles. The number of pyridine rings is 2. The molecular weight excluding hydrogens is 793 g/mol. The van der Waals surface area contributed by atoms with Gasteiger partial charge in [0.15, 0.2) is 88.8 Å². The van der Waals surface area contributed by atoms with Gasteiger partial charge in [0.1, 0.15) is 13.1 Å². The Morgan fingerprint density at radius 3 is 1.19 bits per heavy atom. The molecule has 0 amide bonds. The topological polar surface area (TPSA) is 104 Å². The van der Waals surface area contributed by atoms with Crippen LogP contribution >= 0.6 is 7.60 Å². The molecular formula is C41H36F8N5O3P+2. The monoisotopic (exact) mass is 829 g/mol. The van der Waals surface area contributed by atoms with Gasteiger partial charge >= 0.3 is 7.60 Å². The molecule has 3 heterocycles. The minimum absolute atomic E-state index is 0.0529. The maximum Gasteiger partial charge on any atom is 0.325 e. The zero-order valence-electron chi connectivity index (χ0n) is 31.1. The molecule has 2 N–H and O–H groups in total. The summed E-state index contributed by atoms with van der Waals surface area (Å²) in [5, 5.41) is 0. The number of unbranched alkanes of at least 4 members (excludes halogenated alkanes) is 2. The van der Waals surface area contributed by atoms with E-state index < -0.39 is 100 Å². The summed E-state index contributed by atoms with van der Waals surface area (Å²) in [6.07, 6.45) is 8.64. The van der Waals surface area contributed by atoms with Crippen LogP contribution in [0.1, 0.15) is 45.1 Å². The molecule has 0 bridgehead atoms. The summed E-state index contributed by atoms with van der Waals surface area (Å²) in [4.78, 5) is 30.2. The lowest BCUT2D eigenvalue weighted by Gasteiger charge is -2.15. The number of halogens is 8. The minimum atomic E-state index is -4.38. The quantitative estimate of drug-likeness (QED) is 0.0492. The van der Waals surface area contributed by atoms with Gasteiger partial charge in [-0.25, -0.2) is 59.2 Å². The highest BCUT2D eigenvalue weighted by atomic mass is 31.2. The van der Waals surface area contributed by atoms with Crippen LogP contribution in [0.4, 0.5) is 35.1 Å². The van der Waals surface area contributed by atoms with Gasteiger partial charge in [-0.1, -0.05) is 51.0 Å². The number of rotatable bonds is 14. The second-order valence-corrected chi connectivity index (χ2v) is 15.3. The van der Waals surface area contributed by atoms with Crippen molar-refractivity contribution in [2.75, 3.05) is 6.16 Å². The van der Waals surface area contributed by atoms with Gasteiger partial charge in [-0.3, -0.25) is 4.57 Å². The van der Waals surface area contributed by atoms with Crippen LogP contribution in [0.25, 0.3) is 56.4 Å². The number of nitrogens with zero attached hydrogens (tertiary/aromatic N) is 5. The molecule has 0 spiro atoms. The highest BCUT2D eigenvalue weighted by Crippen LogP contribution is 2.40. The van der Waals surface area contributed by atoms with Gasteiger partial charge in [0.2, 0.25) is 0 Å². The van der Waals surface area contributed by atoms with Gasteiger partial charge in [0.05, 0.1) is 28.4 Å². The first-order valence-corrected chi connectivity index (χ1v) is 20.0. The molecule has 0 atom stereocenters. The minimum Gasteiger partial charge on any atom is -0.324 e. The first-order chi connectivity index (χ1) is 27.6. The Balaban J connectivity index is 1.52. The lowest BCUT2D eigenvalue weighted by molar-refractivity contribution is -0.697. The van der Waals surface area contributed by atoms with E-state index in [9.17, 15) is 14.4 Å². The summed E-state index contributed by atoms with van der Waals surface area (Å²) in [6.45, 7) is 5.08. The Labute approximate surface area is 327 Å². The average molecular weight is 830 g/mol. The Hall–Kier alpha value is -5.44. The van der Waals surface area contributed by atoms with Crippen molar-refractivity contribution in [1.29, 1.82) is 0 Å². The van der Waals surface area contributed by atoms with Gasteiger partial charge in [-0.2, -0.15) is 0 Å². The zero-order valence-corrected chi connectivity index (χ0v) is 32.0. The van der Waals surface area contributed by atoms with Crippen molar-refractivity contribution in [3.8, 4) is 56.4 Å². The lowest BCUT2D eigenvalue weighted by Crippen LogP contribution is -2.32. The summed E-state index contributed by atoms with van der Waals surface area (Å²) in [7, 11) is -4.38. The SMILES string of the molecule is CCCC[n+]1ccc(-c2c(F)c(F)c(-c3nc(-c4ccc(CCP(=O)(O)O)cc4)nc(-c4c(F)c(F)c(-c5cc[n+](CCCC)cc5)c(F)c4F)n3)c(F)c2F)cc1. The molecule has 0 fully saturated rings. The van der Waals surface area contributed by atoms with Crippen LogP contribution in [0.15, 0.2) is 73.3 Å². The predicted molar refractivity (Wildman–Crippen MR) is 197 cm³/mol. The second kappa shape index (κ2) is 17.6. The zero-order chi connectivity index (χ0) is 41.9. The molecule has 6 aromatic rings. The summed E-state index contributed by atoms with van der Waals surface area (Å²) in [6, 6.07) is 10.3. The lowest BCUT2D eigenvalue weighted by atomic mass is 10.0. The van der Waals surface area contributed by atoms with Crippen molar-refractivity contribution < 1.29 is 58.6 Å². The van der Waals surface area contributed by atoms with Gasteiger partial charge in [0, 0.05) is 42.7 Å². The van der Waals surface area contributed by atoms with E-state index in [0.717, 1.165) is 25.7 Å². The third-order valence-corrected chi connectivity index (χ3v) is 10.2. The van der Waals surface area contributed by atoms with Crippen molar-refractivity contribution >= 4 is 7.60 Å². The molecule has 302 valence electrons.